The van der Waals surface area contributed by atoms with Crippen LogP contribution in [0.5, 0.6) is 11.6 Å². The molecule has 1 atom stereocenters. The molecule has 2 saturated heterocycles. The number of ether oxygens (including phenoxy) is 1. The van der Waals surface area contributed by atoms with Crippen molar-refractivity contribution in [1.29, 1.82) is 0 Å². The van der Waals surface area contributed by atoms with Gasteiger partial charge in [-0.05, 0) is 74.6 Å². The van der Waals surface area contributed by atoms with Crippen LogP contribution in [0.1, 0.15) is 52.8 Å². The second-order valence-corrected chi connectivity index (χ2v) is 9.91. The summed E-state index contributed by atoms with van der Waals surface area (Å²) < 4.78 is 33.8. The molecular formula is C28H26ClF2N3O3. The van der Waals surface area contributed by atoms with E-state index in [9.17, 15) is 18.4 Å². The molecular weight excluding hydrogens is 500 g/mol. The number of nitrogens with zero attached hydrogens (tertiary/aromatic N) is 3. The molecule has 0 saturated carbocycles. The van der Waals surface area contributed by atoms with Gasteiger partial charge in [0, 0.05) is 43.0 Å². The number of pyridine rings is 1. The van der Waals surface area contributed by atoms with Gasteiger partial charge in [-0.1, -0.05) is 17.7 Å². The van der Waals surface area contributed by atoms with Gasteiger partial charge in [-0.15, -0.1) is 0 Å². The van der Waals surface area contributed by atoms with Gasteiger partial charge in [0.25, 0.3) is 11.8 Å². The zero-order valence-corrected chi connectivity index (χ0v) is 20.9. The highest BCUT2D eigenvalue weighted by molar-refractivity contribution is 6.30. The molecule has 2 aromatic carbocycles. The van der Waals surface area contributed by atoms with Crippen LogP contribution in [0.25, 0.3) is 0 Å². The SMILES string of the molecule is O=C(c1ccc(Oc2ccc(Cl)cn2)cc1)N1CCCC2(CCCN2C(=O)c2cccc(F)c2F)CC1. The molecule has 2 fully saturated rings. The maximum Gasteiger partial charge on any atom is 0.257 e. The van der Waals surface area contributed by atoms with Gasteiger partial charge in [0.2, 0.25) is 5.88 Å². The van der Waals surface area contributed by atoms with E-state index in [-0.39, 0.29) is 11.5 Å². The fourth-order valence-corrected chi connectivity index (χ4v) is 5.47. The lowest BCUT2D eigenvalue weighted by molar-refractivity contribution is 0.0549. The van der Waals surface area contributed by atoms with Crippen molar-refractivity contribution in [2.45, 2.75) is 37.6 Å². The fraction of sp³-hybridized carbons (Fsp3) is 0.321. The molecule has 2 aliphatic heterocycles. The van der Waals surface area contributed by atoms with Crippen molar-refractivity contribution in [1.82, 2.24) is 14.8 Å². The number of likely N-dealkylation sites (tertiary alicyclic amines) is 2. The highest BCUT2D eigenvalue weighted by atomic mass is 35.5. The Bertz CT molecular complexity index is 1300. The molecule has 3 aromatic rings. The molecule has 192 valence electrons. The highest BCUT2D eigenvalue weighted by Crippen LogP contribution is 2.40. The molecule has 9 heteroatoms. The summed E-state index contributed by atoms with van der Waals surface area (Å²) >= 11 is 5.85. The van der Waals surface area contributed by atoms with Gasteiger partial charge in [-0.25, -0.2) is 13.8 Å². The molecule has 0 radical (unpaired) electrons. The average Bonchev–Trinajstić information content (AvgIpc) is 3.19. The van der Waals surface area contributed by atoms with Gasteiger partial charge in [0.15, 0.2) is 11.6 Å². The van der Waals surface area contributed by atoms with Crippen LogP contribution in [0.4, 0.5) is 8.78 Å². The van der Waals surface area contributed by atoms with E-state index in [0.29, 0.717) is 61.1 Å². The summed E-state index contributed by atoms with van der Waals surface area (Å²) in [6, 6.07) is 13.9. The van der Waals surface area contributed by atoms with Crippen LogP contribution in [0.15, 0.2) is 60.8 Å². The van der Waals surface area contributed by atoms with Gasteiger partial charge in [0.05, 0.1) is 10.6 Å². The van der Waals surface area contributed by atoms with E-state index in [1.165, 1.54) is 18.3 Å². The molecule has 5 rings (SSSR count). The van der Waals surface area contributed by atoms with Crippen LogP contribution in [-0.4, -0.2) is 51.8 Å². The van der Waals surface area contributed by atoms with E-state index in [1.807, 2.05) is 0 Å². The van der Waals surface area contributed by atoms with Crippen molar-refractivity contribution >= 4 is 23.4 Å². The lowest BCUT2D eigenvalue weighted by atomic mass is 9.87. The van der Waals surface area contributed by atoms with Crippen LogP contribution in [0.3, 0.4) is 0 Å². The van der Waals surface area contributed by atoms with Gasteiger partial charge in [-0.3, -0.25) is 9.59 Å². The van der Waals surface area contributed by atoms with Crippen molar-refractivity contribution in [2.75, 3.05) is 19.6 Å². The third-order valence-electron chi connectivity index (χ3n) is 7.25. The number of carbonyl (C=O) groups is 2. The maximum absolute atomic E-state index is 14.4. The van der Waals surface area contributed by atoms with E-state index in [1.54, 1.807) is 46.2 Å². The second kappa shape index (κ2) is 10.5. The Kier molecular flexibility index (Phi) is 7.11. The first-order valence-corrected chi connectivity index (χ1v) is 12.7. The van der Waals surface area contributed by atoms with Gasteiger partial charge in [0.1, 0.15) is 5.75 Å². The molecule has 0 N–H and O–H groups in total. The van der Waals surface area contributed by atoms with E-state index < -0.39 is 23.1 Å². The summed E-state index contributed by atoms with van der Waals surface area (Å²) in [5.74, 6) is -1.78. The molecule has 3 heterocycles. The second-order valence-electron chi connectivity index (χ2n) is 9.47. The van der Waals surface area contributed by atoms with E-state index in [2.05, 4.69) is 4.98 Å². The first kappa shape index (κ1) is 25.1. The molecule has 1 aromatic heterocycles. The van der Waals surface area contributed by atoms with Gasteiger partial charge < -0.3 is 14.5 Å². The van der Waals surface area contributed by atoms with Gasteiger partial charge in [-0.2, -0.15) is 0 Å². The zero-order chi connectivity index (χ0) is 26.0. The third-order valence-corrected chi connectivity index (χ3v) is 7.48. The summed E-state index contributed by atoms with van der Waals surface area (Å²) in [6.07, 6.45) is 5.08. The van der Waals surface area contributed by atoms with Crippen molar-refractivity contribution in [2.24, 2.45) is 0 Å². The van der Waals surface area contributed by atoms with Crippen LogP contribution >= 0.6 is 11.6 Å². The quantitative estimate of drug-likeness (QED) is 0.412. The van der Waals surface area contributed by atoms with Crippen LogP contribution < -0.4 is 4.74 Å². The lowest BCUT2D eigenvalue weighted by Gasteiger charge is -2.38. The molecule has 6 nitrogen and oxygen atoms in total. The van der Waals surface area contributed by atoms with E-state index >= 15 is 0 Å². The predicted molar refractivity (Wildman–Crippen MR) is 135 cm³/mol. The number of hydrogen-bond acceptors (Lipinski definition) is 4. The van der Waals surface area contributed by atoms with Crippen molar-refractivity contribution in [3.05, 3.63) is 88.6 Å². The molecule has 0 bridgehead atoms. The number of amides is 2. The Labute approximate surface area is 218 Å². The molecule has 1 spiro atoms. The summed E-state index contributed by atoms with van der Waals surface area (Å²) in [7, 11) is 0. The summed E-state index contributed by atoms with van der Waals surface area (Å²) in [5.41, 5.74) is -0.170. The zero-order valence-electron chi connectivity index (χ0n) is 20.1. The maximum atomic E-state index is 14.4. The highest BCUT2D eigenvalue weighted by Gasteiger charge is 2.45. The predicted octanol–water partition coefficient (Wildman–Crippen LogP) is 6.11. The van der Waals surface area contributed by atoms with Crippen molar-refractivity contribution in [3.8, 4) is 11.6 Å². The smallest absolute Gasteiger partial charge is 0.257 e. The van der Waals surface area contributed by atoms with E-state index in [4.69, 9.17) is 16.3 Å². The first-order chi connectivity index (χ1) is 17.9. The molecule has 0 aliphatic carbocycles. The normalized spacial score (nSPS) is 19.6. The largest absolute Gasteiger partial charge is 0.439 e. The van der Waals surface area contributed by atoms with Crippen LogP contribution in [-0.2, 0) is 0 Å². The van der Waals surface area contributed by atoms with Gasteiger partial charge >= 0.3 is 0 Å². The third kappa shape index (κ3) is 5.16. The molecule has 1 unspecified atom stereocenters. The standard InChI is InChI=1S/C28H26ClF2N3O3/c29-20-8-11-24(32-18-20)37-21-9-6-19(7-10-21)26(35)33-15-2-12-28(14-17-33)13-3-16-34(28)27(36)22-4-1-5-23(30)25(22)31/h1,4-11,18H,2-3,12-17H2. The minimum atomic E-state index is -1.11. The summed E-state index contributed by atoms with van der Waals surface area (Å²) in [6.45, 7) is 1.53. The Morgan fingerprint density at radius 2 is 1.65 bits per heavy atom. The molecule has 2 aliphatic rings. The molecule has 2 amide bonds. The number of aromatic nitrogens is 1. The van der Waals surface area contributed by atoms with Crippen LogP contribution in [0, 0.1) is 11.6 Å². The number of rotatable bonds is 4. The average molecular weight is 526 g/mol. The number of benzene rings is 2. The monoisotopic (exact) mass is 525 g/mol. The lowest BCUT2D eigenvalue weighted by Crippen LogP contribution is -2.48. The number of hydrogen-bond donors (Lipinski definition) is 0. The summed E-state index contributed by atoms with van der Waals surface area (Å²) in [4.78, 5) is 34.1. The minimum absolute atomic E-state index is 0.0970. The van der Waals surface area contributed by atoms with E-state index in [0.717, 1.165) is 18.9 Å². The Hall–Kier alpha value is -3.52. The summed E-state index contributed by atoms with van der Waals surface area (Å²) in [5, 5.41) is 0.513. The number of carbonyl (C=O) groups excluding carboxylic acids is 2. The first-order valence-electron chi connectivity index (χ1n) is 12.3. The topological polar surface area (TPSA) is 62.7 Å². The van der Waals surface area contributed by atoms with Crippen molar-refractivity contribution < 1.29 is 23.1 Å². The minimum Gasteiger partial charge on any atom is -0.439 e. The Morgan fingerprint density at radius 3 is 2.38 bits per heavy atom. The van der Waals surface area contributed by atoms with Crippen LogP contribution in [0.2, 0.25) is 5.02 Å². The Morgan fingerprint density at radius 1 is 0.892 bits per heavy atom. The fourth-order valence-electron chi connectivity index (χ4n) is 5.36. The Balaban J connectivity index is 1.26. The van der Waals surface area contributed by atoms with Crippen molar-refractivity contribution in [3.63, 3.8) is 0 Å². The molecule has 37 heavy (non-hydrogen) atoms. The number of halogens is 3.